The molecule has 0 saturated heterocycles. The fourth-order valence-corrected chi connectivity index (χ4v) is 1.83. The maximum atomic E-state index is 8.53. The van der Waals surface area contributed by atoms with Gasteiger partial charge in [0.2, 0.25) is 0 Å². The molecule has 1 heteroatoms. The van der Waals surface area contributed by atoms with Gasteiger partial charge in [-0.05, 0) is 34.9 Å². The third-order valence-electron chi connectivity index (χ3n) is 2.48. The third kappa shape index (κ3) is 1.75. The molecule has 0 aliphatic carbocycles. The van der Waals surface area contributed by atoms with E-state index >= 15 is 0 Å². The Morgan fingerprint density at radius 1 is 1.13 bits per heavy atom. The monoisotopic (exact) mass is 193 g/mol. The van der Waals surface area contributed by atoms with Gasteiger partial charge >= 0.3 is 0 Å². The van der Waals surface area contributed by atoms with Crippen LogP contribution in [-0.2, 0) is 0 Å². The van der Waals surface area contributed by atoms with E-state index in [0.717, 1.165) is 5.56 Å². The molecule has 15 heavy (non-hydrogen) atoms. The van der Waals surface area contributed by atoms with Crippen LogP contribution in [0.2, 0.25) is 0 Å². The average Bonchev–Trinajstić information content (AvgIpc) is 2.26. The molecule has 0 N–H and O–H groups in total. The van der Waals surface area contributed by atoms with Crippen LogP contribution < -0.4 is 0 Å². The summed E-state index contributed by atoms with van der Waals surface area (Å²) >= 11 is 0. The number of allylic oxidation sites excluding steroid dienone is 1. The Hall–Kier alpha value is -2.07. The predicted molar refractivity (Wildman–Crippen MR) is 63.3 cm³/mol. The molecule has 0 bridgehead atoms. The number of hydrogen-bond donors (Lipinski definition) is 0. The molecule has 0 unspecified atom stereocenters. The van der Waals surface area contributed by atoms with Gasteiger partial charge in [-0.1, -0.05) is 36.4 Å². The summed E-state index contributed by atoms with van der Waals surface area (Å²) in [6.45, 7) is 2.09. The molecular formula is C14H11N. The average molecular weight is 193 g/mol. The Morgan fingerprint density at radius 2 is 1.87 bits per heavy atom. The van der Waals surface area contributed by atoms with Gasteiger partial charge in [0.15, 0.2) is 0 Å². The summed E-state index contributed by atoms with van der Waals surface area (Å²) in [6, 6.07) is 14.4. The fraction of sp³-hybridized carbons (Fsp3) is 0.0714. The maximum Gasteiger partial charge on any atom is 0.0912 e. The Labute approximate surface area is 89.3 Å². The molecule has 0 aliphatic rings. The minimum Gasteiger partial charge on any atom is -0.193 e. The molecule has 0 saturated carbocycles. The number of nitriles is 1. The lowest BCUT2D eigenvalue weighted by Gasteiger charge is -2.04. The molecule has 0 aromatic heterocycles. The van der Waals surface area contributed by atoms with E-state index in [9.17, 15) is 0 Å². The van der Waals surface area contributed by atoms with Crippen molar-refractivity contribution >= 4 is 16.8 Å². The third-order valence-corrected chi connectivity index (χ3v) is 2.48. The van der Waals surface area contributed by atoms with Crippen molar-refractivity contribution in [2.75, 3.05) is 0 Å². The summed E-state index contributed by atoms with van der Waals surface area (Å²) in [7, 11) is 0. The first-order chi connectivity index (χ1) is 7.33. The molecule has 1 nitrogen and oxygen atoms in total. The van der Waals surface area contributed by atoms with Crippen LogP contribution in [0, 0.1) is 18.3 Å². The van der Waals surface area contributed by atoms with E-state index in [-0.39, 0.29) is 0 Å². The topological polar surface area (TPSA) is 23.8 Å². The molecule has 2 rings (SSSR count). The zero-order valence-electron chi connectivity index (χ0n) is 8.57. The number of hydrogen-bond acceptors (Lipinski definition) is 1. The van der Waals surface area contributed by atoms with Gasteiger partial charge in [0.25, 0.3) is 0 Å². The number of benzene rings is 2. The molecule has 0 fully saturated rings. The molecule has 0 amide bonds. The van der Waals surface area contributed by atoms with Crippen LogP contribution in [0.3, 0.4) is 0 Å². The smallest absolute Gasteiger partial charge is 0.0912 e. The van der Waals surface area contributed by atoms with E-state index in [1.807, 2.05) is 24.3 Å². The van der Waals surface area contributed by atoms with Gasteiger partial charge in [0.1, 0.15) is 0 Å². The Kier molecular flexibility index (Phi) is 2.51. The van der Waals surface area contributed by atoms with E-state index in [2.05, 4.69) is 31.2 Å². The van der Waals surface area contributed by atoms with Gasteiger partial charge in [0, 0.05) is 6.08 Å². The van der Waals surface area contributed by atoms with Crippen molar-refractivity contribution in [2.45, 2.75) is 6.92 Å². The van der Waals surface area contributed by atoms with Crippen LogP contribution in [0.4, 0.5) is 0 Å². The first kappa shape index (κ1) is 9.48. The summed E-state index contributed by atoms with van der Waals surface area (Å²) in [5.74, 6) is 0. The second kappa shape index (κ2) is 3.98. The second-order valence-corrected chi connectivity index (χ2v) is 3.48. The van der Waals surface area contributed by atoms with Crippen LogP contribution >= 0.6 is 0 Å². The van der Waals surface area contributed by atoms with E-state index in [0.29, 0.717) is 0 Å². The van der Waals surface area contributed by atoms with Gasteiger partial charge in [-0.25, -0.2) is 0 Å². The van der Waals surface area contributed by atoms with Crippen molar-refractivity contribution in [3.63, 3.8) is 0 Å². The fourth-order valence-electron chi connectivity index (χ4n) is 1.83. The summed E-state index contributed by atoms with van der Waals surface area (Å²) in [5.41, 5.74) is 2.35. The van der Waals surface area contributed by atoms with Gasteiger partial charge in [-0.3, -0.25) is 0 Å². The normalized spacial score (nSPS) is 10.7. The van der Waals surface area contributed by atoms with E-state index < -0.39 is 0 Å². The highest BCUT2D eigenvalue weighted by molar-refractivity contribution is 5.93. The minimum absolute atomic E-state index is 1.10. The molecule has 0 spiro atoms. The predicted octanol–water partition coefficient (Wildman–Crippen LogP) is 3.69. The number of rotatable bonds is 1. The van der Waals surface area contributed by atoms with Crippen molar-refractivity contribution in [1.82, 2.24) is 0 Å². The molecule has 0 radical (unpaired) electrons. The van der Waals surface area contributed by atoms with Crippen molar-refractivity contribution < 1.29 is 0 Å². The molecule has 0 atom stereocenters. The standard InChI is InChI=1S/C14H11N/c1-11-5-2-6-12-7-3-8-13(14(11)12)9-4-10-15/h2-9H,1H3/b9-4+. The van der Waals surface area contributed by atoms with E-state index in [1.165, 1.54) is 22.4 Å². The van der Waals surface area contributed by atoms with Crippen LogP contribution in [0.25, 0.3) is 16.8 Å². The van der Waals surface area contributed by atoms with Crippen molar-refractivity contribution in [3.05, 3.63) is 53.6 Å². The highest BCUT2D eigenvalue weighted by Crippen LogP contribution is 2.23. The molecular weight excluding hydrogens is 182 g/mol. The second-order valence-electron chi connectivity index (χ2n) is 3.48. The van der Waals surface area contributed by atoms with Gasteiger partial charge in [-0.15, -0.1) is 0 Å². The van der Waals surface area contributed by atoms with Gasteiger partial charge in [-0.2, -0.15) is 5.26 Å². The molecule has 72 valence electrons. The van der Waals surface area contributed by atoms with Crippen LogP contribution in [0.1, 0.15) is 11.1 Å². The number of fused-ring (bicyclic) bond motifs is 1. The van der Waals surface area contributed by atoms with Crippen LogP contribution in [0.5, 0.6) is 0 Å². The van der Waals surface area contributed by atoms with Crippen LogP contribution in [-0.4, -0.2) is 0 Å². The Balaban J connectivity index is 2.75. The Morgan fingerprint density at radius 3 is 2.60 bits per heavy atom. The molecule has 0 aliphatic heterocycles. The van der Waals surface area contributed by atoms with Crippen molar-refractivity contribution in [1.29, 1.82) is 5.26 Å². The van der Waals surface area contributed by atoms with Crippen molar-refractivity contribution in [3.8, 4) is 6.07 Å². The lowest BCUT2D eigenvalue weighted by atomic mass is 10.00. The highest BCUT2D eigenvalue weighted by Gasteiger charge is 1.99. The first-order valence-corrected chi connectivity index (χ1v) is 4.87. The van der Waals surface area contributed by atoms with Gasteiger partial charge in [0.05, 0.1) is 6.07 Å². The van der Waals surface area contributed by atoms with E-state index in [1.54, 1.807) is 0 Å². The summed E-state index contributed by atoms with van der Waals surface area (Å²) in [4.78, 5) is 0. The quantitative estimate of drug-likeness (QED) is 0.634. The number of nitrogens with zero attached hydrogens (tertiary/aromatic N) is 1. The highest BCUT2D eigenvalue weighted by atomic mass is 14.2. The summed E-state index contributed by atoms with van der Waals surface area (Å²) < 4.78 is 0. The lowest BCUT2D eigenvalue weighted by Crippen LogP contribution is -1.82. The molecule has 0 heterocycles. The zero-order valence-corrected chi connectivity index (χ0v) is 8.57. The first-order valence-electron chi connectivity index (χ1n) is 4.87. The largest absolute Gasteiger partial charge is 0.193 e. The summed E-state index contributed by atoms with van der Waals surface area (Å²) in [6.07, 6.45) is 3.37. The zero-order chi connectivity index (χ0) is 10.7. The minimum atomic E-state index is 1.10. The van der Waals surface area contributed by atoms with Gasteiger partial charge < -0.3 is 0 Å². The Bertz CT molecular complexity index is 554. The SMILES string of the molecule is Cc1cccc2cccc(/C=C/C#N)c12. The number of aryl methyl sites for hydroxylation is 1. The van der Waals surface area contributed by atoms with Crippen LogP contribution in [0.15, 0.2) is 42.5 Å². The van der Waals surface area contributed by atoms with E-state index in [4.69, 9.17) is 5.26 Å². The summed E-state index contributed by atoms with van der Waals surface area (Å²) in [5, 5.41) is 11.0. The molecule has 2 aromatic carbocycles. The van der Waals surface area contributed by atoms with Crippen molar-refractivity contribution in [2.24, 2.45) is 0 Å². The lowest BCUT2D eigenvalue weighted by molar-refractivity contribution is 1.52. The molecule has 2 aromatic rings. The maximum absolute atomic E-state index is 8.53.